The second kappa shape index (κ2) is 8.43. The first-order valence-corrected chi connectivity index (χ1v) is 12.6. The second-order valence-corrected chi connectivity index (χ2v) is 10.4. The third kappa shape index (κ3) is 3.98. The lowest BCUT2D eigenvalue weighted by Gasteiger charge is -2.19. The molecule has 0 N–H and O–H groups in total. The molecule has 0 saturated heterocycles. The summed E-state index contributed by atoms with van der Waals surface area (Å²) in [5.41, 5.74) is 1.29. The summed E-state index contributed by atoms with van der Waals surface area (Å²) in [5, 5.41) is 6.25. The van der Waals surface area contributed by atoms with Crippen molar-refractivity contribution in [3.63, 3.8) is 0 Å². The van der Waals surface area contributed by atoms with E-state index in [0.29, 0.717) is 21.4 Å². The quantitative estimate of drug-likeness (QED) is 0.333. The maximum absolute atomic E-state index is 13.2. The number of sulfonamides is 1. The third-order valence-corrected chi connectivity index (χ3v) is 8.28. The molecule has 0 unspecified atom stereocenters. The lowest BCUT2D eigenvalue weighted by molar-refractivity contribution is 0.432. The predicted octanol–water partition coefficient (Wildman–Crippen LogP) is 5.67. The van der Waals surface area contributed by atoms with Gasteiger partial charge in [0.1, 0.15) is 9.77 Å². The smallest absolute Gasteiger partial charge is 0.269 e. The highest BCUT2D eigenvalue weighted by molar-refractivity contribution is 7.98. The van der Waals surface area contributed by atoms with Crippen molar-refractivity contribution in [3.05, 3.63) is 65.0 Å². The summed E-state index contributed by atoms with van der Waals surface area (Å²) in [6, 6.07) is 15.9. The minimum atomic E-state index is -3.83. The van der Waals surface area contributed by atoms with Gasteiger partial charge in [0, 0.05) is 22.5 Å². The molecule has 2 aromatic heterocycles. The monoisotopic (exact) mass is 477 g/mol. The molecule has 0 saturated carbocycles. The van der Waals surface area contributed by atoms with Crippen LogP contribution in [0.1, 0.15) is 0 Å². The molecule has 0 aliphatic rings. The van der Waals surface area contributed by atoms with E-state index >= 15 is 0 Å². The van der Waals surface area contributed by atoms with Crippen LogP contribution < -0.4 is 4.31 Å². The van der Waals surface area contributed by atoms with E-state index in [9.17, 15) is 8.42 Å². The first-order valence-electron chi connectivity index (χ1n) is 8.70. The van der Waals surface area contributed by atoms with Crippen molar-refractivity contribution in [1.82, 2.24) is 10.1 Å². The molecule has 0 atom stereocenters. The lowest BCUT2D eigenvalue weighted by Crippen LogP contribution is -2.26. The van der Waals surface area contributed by atoms with Gasteiger partial charge in [-0.05, 0) is 66.2 Å². The standard InChI is InChI=1S/C20H16ClN3O3S3/c1-24(15-7-5-14(21)6-8-15)30(25,26)17-11-12-29-18(17)20-22-19(23-27-20)13-3-9-16(28-2)10-4-13/h3-12H,1-2H3. The van der Waals surface area contributed by atoms with Crippen molar-refractivity contribution < 1.29 is 12.9 Å². The fourth-order valence-corrected chi connectivity index (χ4v) is 5.81. The molecule has 6 nitrogen and oxygen atoms in total. The van der Waals surface area contributed by atoms with Gasteiger partial charge in [-0.15, -0.1) is 23.1 Å². The first kappa shape index (κ1) is 20.9. The van der Waals surface area contributed by atoms with Crippen LogP contribution in [0.25, 0.3) is 22.2 Å². The molecule has 0 bridgehead atoms. The van der Waals surface area contributed by atoms with E-state index in [1.54, 1.807) is 47.5 Å². The van der Waals surface area contributed by atoms with Crippen LogP contribution in [0, 0.1) is 0 Å². The number of anilines is 1. The van der Waals surface area contributed by atoms with Gasteiger partial charge in [0.25, 0.3) is 15.9 Å². The van der Waals surface area contributed by atoms with Crippen molar-refractivity contribution in [2.24, 2.45) is 0 Å². The Morgan fingerprint density at radius 1 is 1.07 bits per heavy atom. The fourth-order valence-electron chi connectivity index (χ4n) is 2.77. The van der Waals surface area contributed by atoms with E-state index in [4.69, 9.17) is 16.1 Å². The summed E-state index contributed by atoms with van der Waals surface area (Å²) < 4.78 is 33.1. The first-order chi connectivity index (χ1) is 14.4. The van der Waals surface area contributed by atoms with Crippen LogP contribution in [-0.4, -0.2) is 31.9 Å². The molecule has 30 heavy (non-hydrogen) atoms. The summed E-state index contributed by atoms with van der Waals surface area (Å²) >= 11 is 8.78. The molecule has 2 aromatic carbocycles. The zero-order valence-corrected chi connectivity index (χ0v) is 19.1. The summed E-state index contributed by atoms with van der Waals surface area (Å²) in [5.74, 6) is 0.567. The molecule has 0 spiro atoms. The number of halogens is 1. The molecule has 154 valence electrons. The van der Waals surface area contributed by atoms with Crippen molar-refractivity contribution in [2.45, 2.75) is 9.79 Å². The van der Waals surface area contributed by atoms with Gasteiger partial charge in [-0.2, -0.15) is 4.98 Å². The van der Waals surface area contributed by atoms with Gasteiger partial charge in [0.2, 0.25) is 5.82 Å². The van der Waals surface area contributed by atoms with Crippen LogP contribution >= 0.6 is 34.7 Å². The molecule has 0 aliphatic heterocycles. The fraction of sp³-hybridized carbons (Fsp3) is 0.100. The van der Waals surface area contributed by atoms with Crippen LogP contribution in [-0.2, 0) is 10.0 Å². The molecule has 10 heteroatoms. The zero-order chi connectivity index (χ0) is 21.3. The van der Waals surface area contributed by atoms with E-state index in [1.165, 1.54) is 22.7 Å². The number of thioether (sulfide) groups is 1. The second-order valence-electron chi connectivity index (χ2n) is 6.21. The van der Waals surface area contributed by atoms with E-state index < -0.39 is 10.0 Å². The topological polar surface area (TPSA) is 76.3 Å². The average molecular weight is 478 g/mol. The number of hydrogen-bond acceptors (Lipinski definition) is 7. The van der Waals surface area contributed by atoms with Gasteiger partial charge in [0.15, 0.2) is 0 Å². The van der Waals surface area contributed by atoms with Crippen molar-refractivity contribution in [1.29, 1.82) is 0 Å². The highest BCUT2D eigenvalue weighted by Crippen LogP contribution is 2.35. The predicted molar refractivity (Wildman–Crippen MR) is 122 cm³/mol. The maximum Gasteiger partial charge on any atom is 0.269 e. The van der Waals surface area contributed by atoms with E-state index in [-0.39, 0.29) is 10.8 Å². The SMILES string of the molecule is CSc1ccc(-c2noc(-c3sccc3S(=O)(=O)N(C)c3ccc(Cl)cc3)n2)cc1. The van der Waals surface area contributed by atoms with E-state index in [0.717, 1.165) is 10.5 Å². The Labute approximate surface area is 187 Å². The largest absolute Gasteiger partial charge is 0.333 e. The Balaban J connectivity index is 1.67. The molecule has 0 radical (unpaired) electrons. The van der Waals surface area contributed by atoms with Gasteiger partial charge >= 0.3 is 0 Å². The van der Waals surface area contributed by atoms with Crippen LogP contribution in [0.5, 0.6) is 0 Å². The van der Waals surface area contributed by atoms with E-state index in [2.05, 4.69) is 10.1 Å². The summed E-state index contributed by atoms with van der Waals surface area (Å²) in [7, 11) is -2.34. The highest BCUT2D eigenvalue weighted by Gasteiger charge is 2.28. The lowest BCUT2D eigenvalue weighted by atomic mass is 10.2. The average Bonchev–Trinajstić information content (AvgIpc) is 3.43. The number of aromatic nitrogens is 2. The summed E-state index contributed by atoms with van der Waals surface area (Å²) in [6.45, 7) is 0. The molecular formula is C20H16ClN3O3S3. The van der Waals surface area contributed by atoms with Gasteiger partial charge in [-0.1, -0.05) is 16.8 Å². The van der Waals surface area contributed by atoms with Gasteiger partial charge in [-0.25, -0.2) is 8.42 Å². The molecule has 4 rings (SSSR count). The van der Waals surface area contributed by atoms with E-state index in [1.807, 2.05) is 30.5 Å². The number of thiophene rings is 1. The molecule has 0 amide bonds. The Kier molecular flexibility index (Phi) is 5.88. The highest BCUT2D eigenvalue weighted by atomic mass is 35.5. The number of nitrogens with zero attached hydrogens (tertiary/aromatic N) is 3. The Morgan fingerprint density at radius 3 is 2.43 bits per heavy atom. The van der Waals surface area contributed by atoms with Gasteiger partial charge < -0.3 is 4.52 Å². The number of hydrogen-bond donors (Lipinski definition) is 0. The van der Waals surface area contributed by atoms with Crippen molar-refractivity contribution in [2.75, 3.05) is 17.6 Å². The Morgan fingerprint density at radius 2 is 1.77 bits per heavy atom. The van der Waals surface area contributed by atoms with Gasteiger partial charge in [-0.3, -0.25) is 4.31 Å². The van der Waals surface area contributed by atoms with Crippen LogP contribution in [0.3, 0.4) is 0 Å². The summed E-state index contributed by atoms with van der Waals surface area (Å²) in [6.07, 6.45) is 2.00. The van der Waals surface area contributed by atoms with Crippen LogP contribution in [0.4, 0.5) is 5.69 Å². The van der Waals surface area contributed by atoms with Crippen molar-refractivity contribution in [3.8, 4) is 22.2 Å². The summed E-state index contributed by atoms with van der Waals surface area (Å²) in [4.78, 5) is 6.05. The molecule has 0 aliphatic carbocycles. The van der Waals surface area contributed by atoms with Gasteiger partial charge in [0.05, 0.1) is 5.69 Å². The number of rotatable bonds is 6. The minimum absolute atomic E-state index is 0.109. The van der Waals surface area contributed by atoms with Crippen LogP contribution in [0.2, 0.25) is 5.02 Å². The zero-order valence-electron chi connectivity index (χ0n) is 15.9. The Bertz CT molecular complexity index is 1270. The molecule has 4 aromatic rings. The Hall–Kier alpha value is -2.33. The van der Waals surface area contributed by atoms with Crippen LogP contribution in [0.15, 0.2) is 74.3 Å². The third-order valence-electron chi connectivity index (χ3n) is 4.43. The molecular weight excluding hydrogens is 462 g/mol. The maximum atomic E-state index is 13.2. The molecule has 2 heterocycles. The molecule has 0 fully saturated rings. The number of benzene rings is 2. The van der Waals surface area contributed by atoms with Crippen molar-refractivity contribution >= 4 is 50.4 Å². The normalized spacial score (nSPS) is 11.6. The minimum Gasteiger partial charge on any atom is -0.333 e.